The lowest BCUT2D eigenvalue weighted by atomic mass is 10.0. The lowest BCUT2D eigenvalue weighted by Crippen LogP contribution is -2.61. The molecular weight excluding hydrogens is 522 g/mol. The number of nitrogens with one attached hydrogen (secondary N) is 3. The molecule has 0 radical (unpaired) electrons. The Labute approximate surface area is 240 Å². The van der Waals surface area contributed by atoms with Crippen LogP contribution in [0, 0.1) is 16.7 Å². The van der Waals surface area contributed by atoms with Gasteiger partial charge >= 0.3 is 0 Å². The van der Waals surface area contributed by atoms with Gasteiger partial charge in [-0.2, -0.15) is 0 Å². The molecule has 3 N–H and O–H groups in total. The Hall–Kier alpha value is -3.17. The first-order chi connectivity index (χ1) is 19.3. The number of nitrogens with zero attached hydrogens (tertiary/aromatic N) is 2. The Morgan fingerprint density at radius 2 is 1.75 bits per heavy atom. The first-order valence-corrected chi connectivity index (χ1v) is 15.2. The molecule has 2 heterocycles. The standard InChI is InChI=1S/C31H39N5O3S/c1-20(2)29(32)40-30(33)21-11-13-26(14-12-21)39-27-16-22(9-10-23(27)17-35-15-5-8-28(35)37)31(38)34-24-18-36(19-24)25-6-3-4-7-25/h9-14,16,20,24-25,32-33H,3-8,15,17-19H2,1-2H3,(H,34,38). The molecule has 0 unspecified atom stereocenters. The third-order valence-corrected chi connectivity index (χ3v) is 9.16. The number of hydrogen-bond acceptors (Lipinski definition) is 7. The van der Waals surface area contributed by atoms with Gasteiger partial charge in [0.05, 0.1) is 11.1 Å². The van der Waals surface area contributed by atoms with Crippen LogP contribution in [0.1, 0.15) is 73.9 Å². The fraction of sp³-hybridized carbons (Fsp3) is 0.484. The van der Waals surface area contributed by atoms with Crippen LogP contribution in [0.4, 0.5) is 0 Å². The van der Waals surface area contributed by atoms with E-state index in [-0.39, 0.29) is 23.8 Å². The van der Waals surface area contributed by atoms with Gasteiger partial charge in [0.25, 0.3) is 5.91 Å². The van der Waals surface area contributed by atoms with Gasteiger partial charge in [0.15, 0.2) is 0 Å². The summed E-state index contributed by atoms with van der Waals surface area (Å²) < 4.78 is 6.28. The molecule has 1 saturated carbocycles. The van der Waals surface area contributed by atoms with Crippen molar-refractivity contribution >= 4 is 33.7 Å². The van der Waals surface area contributed by atoms with E-state index >= 15 is 0 Å². The summed E-state index contributed by atoms with van der Waals surface area (Å²) in [5.41, 5.74) is 2.10. The van der Waals surface area contributed by atoms with Gasteiger partial charge < -0.3 is 15.0 Å². The van der Waals surface area contributed by atoms with Crippen LogP contribution in [0.2, 0.25) is 0 Å². The maximum absolute atomic E-state index is 13.2. The van der Waals surface area contributed by atoms with Crippen LogP contribution >= 0.6 is 11.8 Å². The molecule has 3 fully saturated rings. The maximum Gasteiger partial charge on any atom is 0.251 e. The van der Waals surface area contributed by atoms with E-state index in [9.17, 15) is 9.59 Å². The molecule has 2 amide bonds. The molecule has 2 saturated heterocycles. The van der Waals surface area contributed by atoms with E-state index in [4.69, 9.17) is 15.6 Å². The molecule has 9 heteroatoms. The highest BCUT2D eigenvalue weighted by molar-refractivity contribution is 8.26. The van der Waals surface area contributed by atoms with E-state index in [2.05, 4.69) is 10.2 Å². The summed E-state index contributed by atoms with van der Waals surface area (Å²) >= 11 is 1.16. The highest BCUT2D eigenvalue weighted by atomic mass is 32.2. The van der Waals surface area contributed by atoms with Crippen molar-refractivity contribution in [3.63, 3.8) is 0 Å². The van der Waals surface area contributed by atoms with E-state index in [0.29, 0.717) is 51.7 Å². The number of amides is 2. The van der Waals surface area contributed by atoms with E-state index < -0.39 is 0 Å². The Kier molecular flexibility index (Phi) is 8.90. The number of carbonyl (C=O) groups is 2. The van der Waals surface area contributed by atoms with Crippen LogP contribution in [0.25, 0.3) is 0 Å². The highest BCUT2D eigenvalue weighted by Crippen LogP contribution is 2.31. The van der Waals surface area contributed by atoms with Gasteiger partial charge in [0, 0.05) is 61.2 Å². The summed E-state index contributed by atoms with van der Waals surface area (Å²) in [6, 6.07) is 13.5. The third-order valence-electron chi connectivity index (χ3n) is 8.03. The van der Waals surface area contributed by atoms with Crippen molar-refractivity contribution in [2.24, 2.45) is 5.92 Å². The largest absolute Gasteiger partial charge is 0.457 e. The Balaban J connectivity index is 1.28. The number of ether oxygens (including phenoxy) is 1. The smallest absolute Gasteiger partial charge is 0.251 e. The number of carbonyl (C=O) groups excluding carboxylic acids is 2. The van der Waals surface area contributed by atoms with Crippen molar-refractivity contribution < 1.29 is 14.3 Å². The molecule has 5 rings (SSSR count). The monoisotopic (exact) mass is 561 g/mol. The van der Waals surface area contributed by atoms with Crippen molar-refractivity contribution in [2.75, 3.05) is 19.6 Å². The topological polar surface area (TPSA) is 110 Å². The molecule has 8 nitrogen and oxygen atoms in total. The Morgan fingerprint density at radius 3 is 2.40 bits per heavy atom. The van der Waals surface area contributed by atoms with Gasteiger partial charge in [-0.1, -0.05) is 44.5 Å². The summed E-state index contributed by atoms with van der Waals surface area (Å²) in [6.45, 7) is 6.86. The van der Waals surface area contributed by atoms with Crippen molar-refractivity contribution in [1.29, 1.82) is 10.8 Å². The average Bonchev–Trinajstić information content (AvgIpc) is 3.59. The minimum Gasteiger partial charge on any atom is -0.457 e. The van der Waals surface area contributed by atoms with Crippen LogP contribution in [-0.2, 0) is 11.3 Å². The van der Waals surface area contributed by atoms with Crippen molar-refractivity contribution in [3.8, 4) is 11.5 Å². The van der Waals surface area contributed by atoms with Crippen molar-refractivity contribution in [2.45, 2.75) is 71.0 Å². The van der Waals surface area contributed by atoms with Crippen LogP contribution in [0.3, 0.4) is 0 Å². The normalized spacial score (nSPS) is 18.3. The minimum absolute atomic E-state index is 0.0777. The summed E-state index contributed by atoms with van der Waals surface area (Å²) in [5.74, 6) is 1.23. The second kappa shape index (κ2) is 12.6. The maximum atomic E-state index is 13.2. The van der Waals surface area contributed by atoms with Crippen molar-refractivity contribution in [1.82, 2.24) is 15.1 Å². The lowest BCUT2D eigenvalue weighted by Gasteiger charge is -2.43. The molecule has 1 aliphatic carbocycles. The fourth-order valence-corrected chi connectivity index (χ4v) is 6.24. The quantitative estimate of drug-likeness (QED) is 0.271. The first-order valence-electron chi connectivity index (χ1n) is 14.4. The van der Waals surface area contributed by atoms with Gasteiger partial charge in [0.2, 0.25) is 5.91 Å². The summed E-state index contributed by atoms with van der Waals surface area (Å²) in [7, 11) is 0. The zero-order valence-electron chi connectivity index (χ0n) is 23.4. The molecule has 0 spiro atoms. The number of rotatable bonds is 9. The number of hydrogen-bond donors (Lipinski definition) is 3. The highest BCUT2D eigenvalue weighted by Gasteiger charge is 2.34. The Morgan fingerprint density at radius 1 is 1.05 bits per heavy atom. The Bertz CT molecular complexity index is 1270. The van der Waals surface area contributed by atoms with Gasteiger partial charge in [-0.15, -0.1) is 0 Å². The van der Waals surface area contributed by atoms with Gasteiger partial charge in [0.1, 0.15) is 16.5 Å². The fourth-order valence-electron chi connectivity index (χ4n) is 5.53. The molecule has 2 aromatic rings. The average molecular weight is 562 g/mol. The zero-order valence-corrected chi connectivity index (χ0v) is 24.2. The van der Waals surface area contributed by atoms with Crippen LogP contribution < -0.4 is 10.1 Å². The van der Waals surface area contributed by atoms with E-state index in [1.54, 1.807) is 18.2 Å². The predicted molar refractivity (Wildman–Crippen MR) is 160 cm³/mol. The van der Waals surface area contributed by atoms with Gasteiger partial charge in [-0.3, -0.25) is 25.3 Å². The summed E-state index contributed by atoms with van der Waals surface area (Å²) in [4.78, 5) is 29.8. The van der Waals surface area contributed by atoms with Crippen LogP contribution in [-0.4, -0.2) is 63.4 Å². The molecule has 0 bridgehead atoms. The van der Waals surface area contributed by atoms with Gasteiger partial charge in [-0.05, 0) is 55.7 Å². The lowest BCUT2D eigenvalue weighted by molar-refractivity contribution is -0.128. The third kappa shape index (κ3) is 6.75. The summed E-state index contributed by atoms with van der Waals surface area (Å²) in [6.07, 6.45) is 6.58. The second-order valence-corrected chi connectivity index (χ2v) is 12.4. The number of likely N-dealkylation sites (tertiary alicyclic amines) is 2. The van der Waals surface area contributed by atoms with Crippen LogP contribution in [0.5, 0.6) is 11.5 Å². The molecule has 2 aliphatic heterocycles. The number of thioether (sulfide) groups is 1. The van der Waals surface area contributed by atoms with Crippen LogP contribution in [0.15, 0.2) is 42.5 Å². The first kappa shape index (κ1) is 28.4. The molecule has 3 aliphatic rings. The number of benzene rings is 2. The minimum atomic E-state index is -0.113. The van der Waals surface area contributed by atoms with Gasteiger partial charge in [-0.25, -0.2) is 0 Å². The van der Waals surface area contributed by atoms with E-state index in [1.165, 1.54) is 25.7 Å². The molecule has 0 aromatic heterocycles. The second-order valence-electron chi connectivity index (χ2n) is 11.4. The molecular formula is C31H39N5O3S. The zero-order chi connectivity index (χ0) is 28.2. The summed E-state index contributed by atoms with van der Waals surface area (Å²) in [5, 5.41) is 20.3. The van der Waals surface area contributed by atoms with Crippen molar-refractivity contribution in [3.05, 3.63) is 59.2 Å². The molecule has 2 aromatic carbocycles. The molecule has 212 valence electrons. The molecule has 40 heavy (non-hydrogen) atoms. The van der Waals surface area contributed by atoms with E-state index in [0.717, 1.165) is 43.4 Å². The predicted octanol–water partition coefficient (Wildman–Crippen LogP) is 5.65. The van der Waals surface area contributed by atoms with E-state index in [1.807, 2.05) is 43.0 Å². The SMILES string of the molecule is CC(C)C(=N)SC(=N)c1ccc(Oc2cc(C(=O)NC3CN(C4CCCC4)C3)ccc2CN2CCCC2=O)cc1. The molecule has 0 atom stereocenters.